The Morgan fingerprint density at radius 2 is 1.94 bits per heavy atom. The Balaban J connectivity index is 1.70. The number of nitrogens with zero attached hydrogens (tertiary/aromatic N) is 4. The molecular formula is C22H22ClN5O5. The highest BCUT2D eigenvalue weighted by atomic mass is 35.5. The molecule has 0 unspecified atom stereocenters. The summed E-state index contributed by atoms with van der Waals surface area (Å²) in [5.41, 5.74) is 3.59. The lowest BCUT2D eigenvalue weighted by atomic mass is 10.1. The molecule has 1 aliphatic heterocycles. The molecule has 172 valence electrons. The predicted octanol–water partition coefficient (Wildman–Crippen LogP) is 2.06. The van der Waals surface area contributed by atoms with Crippen molar-refractivity contribution in [3.8, 4) is 11.4 Å². The molecule has 2 N–H and O–H groups in total. The fourth-order valence-corrected chi connectivity index (χ4v) is 3.83. The van der Waals surface area contributed by atoms with Crippen molar-refractivity contribution in [1.82, 2.24) is 19.9 Å². The molecular weight excluding hydrogens is 450 g/mol. The number of esters is 1. The topological polar surface area (TPSA) is 119 Å². The zero-order valence-corrected chi connectivity index (χ0v) is 19.0. The van der Waals surface area contributed by atoms with Crippen LogP contribution in [-0.4, -0.2) is 70.8 Å². The molecule has 33 heavy (non-hydrogen) atoms. The van der Waals surface area contributed by atoms with Gasteiger partial charge in [-0.05, 0) is 42.8 Å². The van der Waals surface area contributed by atoms with Crippen LogP contribution in [0.4, 0.5) is 5.69 Å². The number of aliphatic hydroxyl groups excluding tert-OH is 1. The van der Waals surface area contributed by atoms with E-state index in [1.54, 1.807) is 24.3 Å². The molecule has 4 rings (SSSR count). The number of benzene rings is 2. The van der Waals surface area contributed by atoms with E-state index in [1.165, 1.54) is 23.9 Å². The second-order valence-corrected chi connectivity index (χ2v) is 7.79. The molecule has 0 spiro atoms. The van der Waals surface area contributed by atoms with Crippen molar-refractivity contribution in [2.45, 2.75) is 6.92 Å². The number of fused-ring (bicyclic) bond motifs is 1. The van der Waals surface area contributed by atoms with Gasteiger partial charge >= 0.3 is 5.97 Å². The number of aromatic nitrogens is 3. The Bertz CT molecular complexity index is 1290. The second-order valence-electron chi connectivity index (χ2n) is 7.38. The highest BCUT2D eigenvalue weighted by molar-refractivity contribution is 6.32. The van der Waals surface area contributed by atoms with Crippen LogP contribution >= 0.6 is 11.6 Å². The summed E-state index contributed by atoms with van der Waals surface area (Å²) in [5.74, 6) is -0.446. The molecule has 1 aromatic heterocycles. The summed E-state index contributed by atoms with van der Waals surface area (Å²) >= 11 is 6.22. The third-order valence-corrected chi connectivity index (χ3v) is 5.60. The van der Waals surface area contributed by atoms with Crippen LogP contribution in [-0.2, 0) is 14.3 Å². The number of carbonyl (C=O) groups is 2. The molecule has 0 bridgehead atoms. The van der Waals surface area contributed by atoms with E-state index < -0.39 is 5.97 Å². The van der Waals surface area contributed by atoms with Gasteiger partial charge in [0.05, 0.1) is 43.7 Å². The number of amides is 1. The van der Waals surface area contributed by atoms with E-state index in [1.807, 2.05) is 13.0 Å². The average Bonchev–Trinajstić information content (AvgIpc) is 3.35. The number of hydrogen-bond acceptors (Lipinski definition) is 8. The molecule has 0 radical (unpaired) electrons. The number of carbonyl (C=O) groups excluding carboxylic acids is 2. The van der Waals surface area contributed by atoms with Crippen LogP contribution < -0.4 is 10.1 Å². The molecule has 0 saturated carbocycles. The quantitative estimate of drug-likeness (QED) is 0.503. The predicted molar refractivity (Wildman–Crippen MR) is 121 cm³/mol. The third-order valence-electron chi connectivity index (χ3n) is 5.31. The molecule has 1 amide bonds. The minimum absolute atomic E-state index is 0.0596. The van der Waals surface area contributed by atoms with Crippen molar-refractivity contribution in [3.63, 3.8) is 0 Å². The Kier molecular flexibility index (Phi) is 6.21. The van der Waals surface area contributed by atoms with Gasteiger partial charge in [-0.25, -0.2) is 4.79 Å². The molecule has 3 aromatic rings. The summed E-state index contributed by atoms with van der Waals surface area (Å²) in [6.45, 7) is 1.82. The number of anilines is 1. The van der Waals surface area contributed by atoms with Gasteiger partial charge in [-0.1, -0.05) is 11.6 Å². The van der Waals surface area contributed by atoms with E-state index in [0.29, 0.717) is 33.2 Å². The van der Waals surface area contributed by atoms with Gasteiger partial charge in [0.15, 0.2) is 0 Å². The van der Waals surface area contributed by atoms with E-state index in [4.69, 9.17) is 21.1 Å². The van der Waals surface area contributed by atoms with E-state index in [2.05, 4.69) is 15.5 Å². The summed E-state index contributed by atoms with van der Waals surface area (Å²) in [4.78, 5) is 27.9. The lowest BCUT2D eigenvalue weighted by molar-refractivity contribution is -0.136. The number of nitrogens with one attached hydrogen (secondary N) is 1. The van der Waals surface area contributed by atoms with Gasteiger partial charge in [0.25, 0.3) is 5.91 Å². The van der Waals surface area contributed by atoms with Crippen molar-refractivity contribution >= 4 is 40.2 Å². The summed E-state index contributed by atoms with van der Waals surface area (Å²) in [6, 6.07) is 8.80. The minimum atomic E-state index is -0.604. The van der Waals surface area contributed by atoms with Gasteiger partial charge < -0.3 is 24.8 Å². The molecule has 2 aromatic carbocycles. The lowest BCUT2D eigenvalue weighted by Gasteiger charge is -2.15. The Morgan fingerprint density at radius 3 is 2.58 bits per heavy atom. The first kappa shape index (κ1) is 22.6. The molecule has 0 saturated heterocycles. The summed E-state index contributed by atoms with van der Waals surface area (Å²) in [5, 5.41) is 21.8. The molecule has 1 aliphatic rings. The molecule has 2 heterocycles. The van der Waals surface area contributed by atoms with Gasteiger partial charge in [0, 0.05) is 12.2 Å². The number of rotatable bonds is 7. The van der Waals surface area contributed by atoms with Crippen molar-refractivity contribution < 1.29 is 24.2 Å². The molecule has 0 atom stereocenters. The maximum absolute atomic E-state index is 12.8. The average molecular weight is 472 g/mol. The number of aryl methyl sites for hydroxylation is 1. The summed E-state index contributed by atoms with van der Waals surface area (Å²) in [7, 11) is 2.80. The standard InChI is InChI=1S/C22H22ClN5O5/c1-12-8-17-18(26-28(25-17)13-4-5-19(32-2)15(23)9-13)10-16(12)24-20-14(22(31)33-3)11-27(6-7-29)21(20)30/h4-5,8-10,24,29H,6-7,11H2,1-3H3. The largest absolute Gasteiger partial charge is 0.495 e. The number of β-amino-alcohol motifs (C(OH)–C–C–N with tert-alkyl or cyclic N) is 1. The number of methoxy groups -OCH3 is 2. The third kappa shape index (κ3) is 4.22. The maximum atomic E-state index is 12.8. The number of hydrogen-bond donors (Lipinski definition) is 2. The highest BCUT2D eigenvalue weighted by Gasteiger charge is 2.34. The number of aliphatic hydroxyl groups is 1. The van der Waals surface area contributed by atoms with Crippen LogP contribution in [0.1, 0.15) is 5.56 Å². The van der Waals surface area contributed by atoms with Gasteiger partial charge in [0.1, 0.15) is 22.5 Å². The van der Waals surface area contributed by atoms with Crippen molar-refractivity contribution in [2.24, 2.45) is 0 Å². The first-order valence-electron chi connectivity index (χ1n) is 10.1. The first-order valence-corrected chi connectivity index (χ1v) is 10.4. The van der Waals surface area contributed by atoms with Crippen LogP contribution in [0.2, 0.25) is 5.02 Å². The summed E-state index contributed by atoms with van der Waals surface area (Å²) in [6.07, 6.45) is 0. The highest BCUT2D eigenvalue weighted by Crippen LogP contribution is 2.29. The van der Waals surface area contributed by atoms with Crippen LogP contribution in [0.25, 0.3) is 16.7 Å². The molecule has 0 fully saturated rings. The lowest BCUT2D eigenvalue weighted by Crippen LogP contribution is -2.31. The van der Waals surface area contributed by atoms with Gasteiger partial charge in [0.2, 0.25) is 0 Å². The normalized spacial score (nSPS) is 13.7. The van der Waals surface area contributed by atoms with Gasteiger partial charge in [-0.3, -0.25) is 4.79 Å². The van der Waals surface area contributed by atoms with E-state index in [-0.39, 0.29) is 36.9 Å². The Labute approximate surface area is 194 Å². The first-order chi connectivity index (χ1) is 15.9. The molecule has 0 aliphatic carbocycles. The van der Waals surface area contributed by atoms with Crippen molar-refractivity contribution in [3.05, 3.63) is 52.2 Å². The number of ether oxygens (including phenoxy) is 2. The van der Waals surface area contributed by atoms with Crippen molar-refractivity contribution in [1.29, 1.82) is 0 Å². The van der Waals surface area contributed by atoms with Crippen molar-refractivity contribution in [2.75, 3.05) is 39.2 Å². The molecule has 10 nitrogen and oxygen atoms in total. The Hall–Kier alpha value is -3.63. The maximum Gasteiger partial charge on any atom is 0.337 e. The fourth-order valence-electron chi connectivity index (χ4n) is 3.58. The van der Waals surface area contributed by atoms with Crippen LogP contribution in [0.3, 0.4) is 0 Å². The Morgan fingerprint density at radius 1 is 1.21 bits per heavy atom. The molecule has 11 heteroatoms. The van der Waals surface area contributed by atoms with E-state index in [9.17, 15) is 14.7 Å². The summed E-state index contributed by atoms with van der Waals surface area (Å²) < 4.78 is 10.0. The minimum Gasteiger partial charge on any atom is -0.495 e. The van der Waals surface area contributed by atoms with Crippen LogP contribution in [0, 0.1) is 6.92 Å². The zero-order chi connectivity index (χ0) is 23.7. The zero-order valence-electron chi connectivity index (χ0n) is 18.3. The smallest absolute Gasteiger partial charge is 0.337 e. The number of halogens is 1. The van der Waals surface area contributed by atoms with E-state index in [0.717, 1.165) is 5.56 Å². The van der Waals surface area contributed by atoms with Gasteiger partial charge in [-0.2, -0.15) is 4.80 Å². The SMILES string of the molecule is COC(=O)C1=C(Nc2cc3nn(-c4ccc(OC)c(Cl)c4)nc3cc2C)C(=O)N(CCO)C1. The monoisotopic (exact) mass is 471 g/mol. The van der Waals surface area contributed by atoms with E-state index >= 15 is 0 Å². The van der Waals surface area contributed by atoms with Gasteiger partial charge in [-0.15, -0.1) is 10.2 Å². The second kappa shape index (κ2) is 9.08. The van der Waals surface area contributed by atoms with Crippen LogP contribution in [0.5, 0.6) is 5.75 Å². The fraction of sp³-hybridized carbons (Fsp3) is 0.273. The van der Waals surface area contributed by atoms with Crippen LogP contribution in [0.15, 0.2) is 41.6 Å².